The van der Waals surface area contributed by atoms with Crippen molar-refractivity contribution in [3.63, 3.8) is 0 Å². The number of rotatable bonds is 5. The van der Waals surface area contributed by atoms with Crippen molar-refractivity contribution in [3.8, 4) is 17.2 Å². The smallest absolute Gasteiger partial charge is 0.231 e. The molecule has 0 bridgehead atoms. The SMILES string of the molecule is COCOc1cc2c(cc1CCN)OCO2. The first kappa shape index (κ1) is 11.0. The molecule has 1 aliphatic heterocycles. The van der Waals surface area contributed by atoms with Gasteiger partial charge in [0.15, 0.2) is 18.3 Å². The number of benzene rings is 1. The van der Waals surface area contributed by atoms with E-state index in [0.717, 1.165) is 23.5 Å². The third-order valence-corrected chi connectivity index (χ3v) is 2.30. The van der Waals surface area contributed by atoms with Gasteiger partial charge in [-0.05, 0) is 24.6 Å². The highest BCUT2D eigenvalue weighted by Crippen LogP contribution is 2.38. The molecule has 0 spiro atoms. The molecule has 0 radical (unpaired) electrons. The topological polar surface area (TPSA) is 62.9 Å². The molecule has 5 nitrogen and oxygen atoms in total. The Hall–Kier alpha value is -1.46. The van der Waals surface area contributed by atoms with E-state index in [-0.39, 0.29) is 13.6 Å². The fraction of sp³-hybridized carbons (Fsp3) is 0.455. The molecule has 1 aromatic rings. The molecule has 5 heteroatoms. The summed E-state index contributed by atoms with van der Waals surface area (Å²) in [6.45, 7) is 1.02. The van der Waals surface area contributed by atoms with Gasteiger partial charge in [-0.25, -0.2) is 0 Å². The summed E-state index contributed by atoms with van der Waals surface area (Å²) in [6.07, 6.45) is 0.732. The molecule has 0 fully saturated rings. The van der Waals surface area contributed by atoms with Crippen LogP contribution in [0.1, 0.15) is 5.56 Å². The van der Waals surface area contributed by atoms with E-state index in [1.807, 2.05) is 12.1 Å². The van der Waals surface area contributed by atoms with Crippen LogP contribution in [0.25, 0.3) is 0 Å². The maximum absolute atomic E-state index is 5.54. The summed E-state index contributed by atoms with van der Waals surface area (Å²) < 4.78 is 20.9. The maximum Gasteiger partial charge on any atom is 0.231 e. The Morgan fingerprint density at radius 3 is 2.75 bits per heavy atom. The summed E-state index contributed by atoms with van der Waals surface area (Å²) in [6, 6.07) is 3.71. The minimum Gasteiger partial charge on any atom is -0.467 e. The molecule has 0 amide bonds. The Bertz CT molecular complexity index is 367. The Morgan fingerprint density at radius 2 is 2.06 bits per heavy atom. The third kappa shape index (κ3) is 2.20. The zero-order valence-corrected chi connectivity index (χ0v) is 9.19. The zero-order valence-electron chi connectivity index (χ0n) is 9.19. The van der Waals surface area contributed by atoms with Gasteiger partial charge in [0.1, 0.15) is 5.75 Å². The molecular formula is C11H15NO4. The Kier molecular flexibility index (Phi) is 3.48. The predicted molar refractivity (Wildman–Crippen MR) is 57.8 cm³/mol. The van der Waals surface area contributed by atoms with Crippen LogP contribution in [0.4, 0.5) is 0 Å². The molecular weight excluding hydrogens is 210 g/mol. The van der Waals surface area contributed by atoms with Crippen LogP contribution >= 0.6 is 0 Å². The van der Waals surface area contributed by atoms with Gasteiger partial charge in [0, 0.05) is 13.2 Å². The molecule has 88 valence electrons. The van der Waals surface area contributed by atoms with Crippen molar-refractivity contribution in [1.82, 2.24) is 0 Å². The van der Waals surface area contributed by atoms with Crippen molar-refractivity contribution >= 4 is 0 Å². The molecule has 0 atom stereocenters. The van der Waals surface area contributed by atoms with Crippen molar-refractivity contribution in [3.05, 3.63) is 17.7 Å². The van der Waals surface area contributed by atoms with E-state index in [1.165, 1.54) is 0 Å². The Morgan fingerprint density at radius 1 is 1.31 bits per heavy atom. The van der Waals surface area contributed by atoms with E-state index in [9.17, 15) is 0 Å². The normalized spacial score (nSPS) is 12.9. The molecule has 2 N–H and O–H groups in total. The van der Waals surface area contributed by atoms with Gasteiger partial charge in [0.25, 0.3) is 0 Å². The summed E-state index contributed by atoms with van der Waals surface area (Å²) in [5, 5.41) is 0. The van der Waals surface area contributed by atoms with Gasteiger partial charge >= 0.3 is 0 Å². The summed E-state index contributed by atoms with van der Waals surface area (Å²) in [4.78, 5) is 0. The number of ether oxygens (including phenoxy) is 4. The van der Waals surface area contributed by atoms with Gasteiger partial charge in [-0.2, -0.15) is 0 Å². The third-order valence-electron chi connectivity index (χ3n) is 2.30. The highest BCUT2D eigenvalue weighted by atomic mass is 16.7. The lowest BCUT2D eigenvalue weighted by Gasteiger charge is -2.11. The van der Waals surface area contributed by atoms with E-state index >= 15 is 0 Å². The standard InChI is InChI=1S/C11H15NO4/c1-13-6-14-9-5-11-10(15-7-16-11)4-8(9)2-3-12/h4-5H,2-3,6-7,12H2,1H3. The van der Waals surface area contributed by atoms with Gasteiger partial charge in [0.05, 0.1) is 0 Å². The van der Waals surface area contributed by atoms with Crippen LogP contribution in [0, 0.1) is 0 Å². The summed E-state index contributed by atoms with van der Waals surface area (Å²) in [5.41, 5.74) is 6.55. The van der Waals surface area contributed by atoms with Gasteiger partial charge in [-0.3, -0.25) is 0 Å². The van der Waals surface area contributed by atoms with E-state index in [2.05, 4.69) is 0 Å². The second kappa shape index (κ2) is 5.05. The lowest BCUT2D eigenvalue weighted by atomic mass is 10.1. The molecule has 2 rings (SSSR count). The van der Waals surface area contributed by atoms with Crippen molar-refractivity contribution in [1.29, 1.82) is 0 Å². The Labute approximate surface area is 94.0 Å². The fourth-order valence-corrected chi connectivity index (χ4v) is 1.57. The van der Waals surface area contributed by atoms with E-state index in [1.54, 1.807) is 7.11 Å². The monoisotopic (exact) mass is 225 g/mol. The molecule has 0 aromatic heterocycles. The maximum atomic E-state index is 5.54. The van der Waals surface area contributed by atoms with Crippen molar-refractivity contribution in [2.75, 3.05) is 27.2 Å². The highest BCUT2D eigenvalue weighted by molar-refractivity contribution is 5.51. The summed E-state index contributed by atoms with van der Waals surface area (Å²) in [5.74, 6) is 2.18. The molecule has 1 aliphatic rings. The fourth-order valence-electron chi connectivity index (χ4n) is 1.57. The second-order valence-corrected chi connectivity index (χ2v) is 3.40. The number of methoxy groups -OCH3 is 1. The van der Waals surface area contributed by atoms with E-state index in [4.69, 9.17) is 24.7 Å². The van der Waals surface area contributed by atoms with Crippen molar-refractivity contribution in [2.45, 2.75) is 6.42 Å². The molecule has 16 heavy (non-hydrogen) atoms. The number of hydrogen-bond acceptors (Lipinski definition) is 5. The van der Waals surface area contributed by atoms with Gasteiger partial charge in [-0.1, -0.05) is 0 Å². The number of nitrogens with two attached hydrogens (primary N) is 1. The Balaban J connectivity index is 2.25. The molecule has 0 saturated carbocycles. The van der Waals surface area contributed by atoms with Crippen LogP contribution in [-0.4, -0.2) is 27.2 Å². The van der Waals surface area contributed by atoms with Crippen LogP contribution in [-0.2, 0) is 11.2 Å². The van der Waals surface area contributed by atoms with Crippen molar-refractivity contribution in [2.24, 2.45) is 5.73 Å². The molecule has 0 unspecified atom stereocenters. The summed E-state index contributed by atoms with van der Waals surface area (Å²) >= 11 is 0. The predicted octanol–water partition coefficient (Wildman–Crippen LogP) is 0.899. The molecule has 1 heterocycles. The first-order chi connectivity index (χ1) is 7.85. The average molecular weight is 225 g/mol. The largest absolute Gasteiger partial charge is 0.467 e. The van der Waals surface area contributed by atoms with Crippen LogP contribution in [0.15, 0.2) is 12.1 Å². The summed E-state index contributed by atoms with van der Waals surface area (Å²) in [7, 11) is 1.58. The highest BCUT2D eigenvalue weighted by Gasteiger charge is 2.17. The van der Waals surface area contributed by atoms with Gasteiger partial charge in [-0.15, -0.1) is 0 Å². The van der Waals surface area contributed by atoms with Crippen LogP contribution in [0.5, 0.6) is 17.2 Å². The molecule has 1 aromatic carbocycles. The first-order valence-corrected chi connectivity index (χ1v) is 5.09. The first-order valence-electron chi connectivity index (χ1n) is 5.09. The lowest BCUT2D eigenvalue weighted by Crippen LogP contribution is -2.06. The minimum absolute atomic E-state index is 0.206. The van der Waals surface area contributed by atoms with E-state index < -0.39 is 0 Å². The van der Waals surface area contributed by atoms with Gasteiger partial charge < -0.3 is 24.7 Å². The molecule has 0 aliphatic carbocycles. The quantitative estimate of drug-likeness (QED) is 0.754. The van der Waals surface area contributed by atoms with Gasteiger partial charge in [0.2, 0.25) is 6.79 Å². The lowest BCUT2D eigenvalue weighted by molar-refractivity contribution is 0.0503. The van der Waals surface area contributed by atoms with Crippen LogP contribution < -0.4 is 19.9 Å². The zero-order chi connectivity index (χ0) is 11.4. The average Bonchev–Trinajstić information content (AvgIpc) is 2.73. The number of hydrogen-bond donors (Lipinski definition) is 1. The van der Waals surface area contributed by atoms with E-state index in [0.29, 0.717) is 12.3 Å². The minimum atomic E-state index is 0.206. The number of fused-ring (bicyclic) bond motifs is 1. The van der Waals surface area contributed by atoms with Crippen molar-refractivity contribution < 1.29 is 18.9 Å². The van der Waals surface area contributed by atoms with Crippen LogP contribution in [0.2, 0.25) is 0 Å². The second-order valence-electron chi connectivity index (χ2n) is 3.40. The van der Waals surface area contributed by atoms with Crippen LogP contribution in [0.3, 0.4) is 0 Å². The molecule has 0 saturated heterocycles.